The minimum atomic E-state index is -1.42. The van der Waals surface area contributed by atoms with Crippen molar-refractivity contribution in [3.05, 3.63) is 89.5 Å². The Hall–Kier alpha value is -3.99. The average molecular weight is 648 g/mol. The van der Waals surface area contributed by atoms with Crippen LogP contribution in [0.25, 0.3) is 0 Å². The molecule has 2 fully saturated rings. The molecule has 4 aliphatic rings. The van der Waals surface area contributed by atoms with Gasteiger partial charge in [0.25, 0.3) is 5.91 Å². The summed E-state index contributed by atoms with van der Waals surface area (Å²) in [7, 11) is 0. The zero-order valence-electron chi connectivity index (χ0n) is 25.4. The van der Waals surface area contributed by atoms with Crippen molar-refractivity contribution in [1.82, 2.24) is 10.2 Å². The van der Waals surface area contributed by atoms with E-state index in [1.807, 2.05) is 36.4 Å². The first kappa shape index (κ1) is 32.0. The number of likely N-dealkylation sites (tertiary alicyclic amines) is 1. The van der Waals surface area contributed by atoms with Crippen LogP contribution in [-0.4, -0.2) is 77.7 Å². The summed E-state index contributed by atoms with van der Waals surface area (Å²) in [5, 5.41) is 12.8. The van der Waals surface area contributed by atoms with Crippen LogP contribution in [0, 0.1) is 11.8 Å². The number of halogens is 1. The number of nitrogens with zero attached hydrogens (tertiary/aromatic N) is 2. The number of nitrogens with one attached hydrogen (secondary N) is 1. The quantitative estimate of drug-likeness (QED) is 0.267. The number of aliphatic hydroxyl groups excluding tert-OH is 1. The predicted molar refractivity (Wildman–Crippen MR) is 171 cm³/mol. The fourth-order valence-electron chi connectivity index (χ4n) is 7.14. The van der Waals surface area contributed by atoms with E-state index in [0.717, 1.165) is 5.56 Å². The Kier molecular flexibility index (Phi) is 9.58. The van der Waals surface area contributed by atoms with Crippen LogP contribution in [0.2, 0.25) is 5.02 Å². The molecule has 242 valence electrons. The molecular weight excluding hydrogens is 610 g/mol. The monoisotopic (exact) mass is 647 g/mol. The van der Waals surface area contributed by atoms with Crippen molar-refractivity contribution in [3.8, 4) is 0 Å². The number of unbranched alkanes of at least 4 members (excludes halogenated alkanes) is 2. The Balaban J connectivity index is 1.41. The third-order valence-corrected chi connectivity index (χ3v) is 9.59. The fourth-order valence-corrected chi connectivity index (χ4v) is 7.37. The van der Waals surface area contributed by atoms with E-state index in [1.165, 1.54) is 0 Å². The fraction of sp³-hybridized carbons (Fsp3) is 0.429. The zero-order chi connectivity index (χ0) is 32.3. The van der Waals surface area contributed by atoms with Gasteiger partial charge in [-0.1, -0.05) is 78.4 Å². The summed E-state index contributed by atoms with van der Waals surface area (Å²) in [6.07, 6.45) is 8.58. The van der Waals surface area contributed by atoms with E-state index in [-0.39, 0.29) is 50.5 Å². The topological polar surface area (TPSA) is 125 Å². The first-order valence-electron chi connectivity index (χ1n) is 15.9. The number of allylic oxidation sites excluding steroid dienone is 1. The summed E-state index contributed by atoms with van der Waals surface area (Å²) in [5.74, 6) is -3.44. The summed E-state index contributed by atoms with van der Waals surface area (Å²) in [4.78, 5) is 59.1. The normalized spacial score (nSPS) is 30.3. The average Bonchev–Trinajstić information content (AvgIpc) is 3.44. The maximum Gasteiger partial charge on any atom is 0.306 e. The number of hydrogen-bond acceptors (Lipinski definition) is 7. The molecule has 0 aromatic heterocycles. The number of aliphatic hydroxyl groups is 1. The lowest BCUT2D eigenvalue weighted by molar-refractivity contribution is -0.146. The number of rotatable bonds is 7. The minimum Gasteiger partial charge on any atom is -0.463 e. The molecule has 0 bridgehead atoms. The SMILES string of the molecule is O=C1CC/C=C\[C@@H]2O[C@@]34C=CCN(c5ccccc5Cl)C(=O)[C@@H]3N(CCCCCO)C(=O)[C@H]4[C@@H]2C(=O)N[C@@H](c2ccccc2)CO1. The highest BCUT2D eigenvalue weighted by Gasteiger charge is 2.71. The molecule has 0 aliphatic carbocycles. The summed E-state index contributed by atoms with van der Waals surface area (Å²) in [6, 6.07) is 14.6. The number of benzene rings is 2. The van der Waals surface area contributed by atoms with Crippen LogP contribution in [0.4, 0.5) is 5.69 Å². The maximum absolute atomic E-state index is 14.6. The van der Waals surface area contributed by atoms with Gasteiger partial charge in [-0.25, -0.2) is 0 Å². The van der Waals surface area contributed by atoms with E-state index in [9.17, 15) is 24.3 Å². The molecule has 0 saturated carbocycles. The predicted octanol–water partition coefficient (Wildman–Crippen LogP) is 3.74. The number of ether oxygens (including phenoxy) is 2. The van der Waals surface area contributed by atoms with Gasteiger partial charge in [0.1, 0.15) is 18.2 Å². The van der Waals surface area contributed by atoms with E-state index in [0.29, 0.717) is 36.4 Å². The van der Waals surface area contributed by atoms with E-state index < -0.39 is 41.5 Å². The van der Waals surface area contributed by atoms with Crippen molar-refractivity contribution >= 4 is 41.0 Å². The van der Waals surface area contributed by atoms with E-state index in [2.05, 4.69) is 5.32 Å². The lowest BCUT2D eigenvalue weighted by Crippen LogP contribution is -2.55. The van der Waals surface area contributed by atoms with Crippen LogP contribution in [0.5, 0.6) is 0 Å². The van der Waals surface area contributed by atoms with Gasteiger partial charge in [-0.15, -0.1) is 0 Å². The second-order valence-electron chi connectivity index (χ2n) is 12.1. The molecule has 6 atom stereocenters. The first-order chi connectivity index (χ1) is 22.4. The summed E-state index contributed by atoms with van der Waals surface area (Å²) >= 11 is 6.55. The largest absolute Gasteiger partial charge is 0.463 e. The number of hydrogen-bond donors (Lipinski definition) is 2. The lowest BCUT2D eigenvalue weighted by atomic mass is 9.77. The number of esters is 1. The number of amides is 3. The summed E-state index contributed by atoms with van der Waals surface area (Å²) < 4.78 is 12.3. The lowest BCUT2D eigenvalue weighted by Gasteiger charge is -2.35. The first-order valence-corrected chi connectivity index (χ1v) is 16.2. The molecular formula is C35H38ClN3O7. The van der Waals surface area contributed by atoms with E-state index in [4.69, 9.17) is 21.1 Å². The van der Waals surface area contributed by atoms with Crippen molar-refractivity contribution in [2.45, 2.75) is 55.9 Å². The molecule has 6 rings (SSSR count). The molecule has 4 heterocycles. The van der Waals surface area contributed by atoms with Gasteiger partial charge in [-0.2, -0.15) is 0 Å². The maximum atomic E-state index is 14.6. The molecule has 0 radical (unpaired) electrons. The number of carbonyl (C=O) groups is 4. The number of fused-ring (bicyclic) bond motifs is 2. The second-order valence-corrected chi connectivity index (χ2v) is 12.5. The molecule has 0 unspecified atom stereocenters. The number of cyclic esters (lactones) is 1. The Morgan fingerprint density at radius 2 is 1.74 bits per heavy atom. The van der Waals surface area contributed by atoms with Gasteiger partial charge in [-0.3, -0.25) is 19.2 Å². The van der Waals surface area contributed by atoms with E-state index in [1.54, 1.807) is 52.3 Å². The van der Waals surface area contributed by atoms with Crippen molar-refractivity contribution in [1.29, 1.82) is 0 Å². The van der Waals surface area contributed by atoms with Crippen LogP contribution in [0.15, 0.2) is 78.9 Å². The third-order valence-electron chi connectivity index (χ3n) is 9.27. The number of para-hydroxylation sites is 1. The second kappa shape index (κ2) is 13.8. The highest BCUT2D eigenvalue weighted by molar-refractivity contribution is 6.34. The highest BCUT2D eigenvalue weighted by atomic mass is 35.5. The Morgan fingerprint density at radius 1 is 0.957 bits per heavy atom. The standard InChI is InChI=1S/C35H38ClN3O7/c36-24-14-5-6-15-26(24)38-20-11-18-35-30(33(43)39(31(35)34(38)44)19-9-2-10-21-40)29-27(46-35)16-7-8-17-28(41)45-22-25(37-32(29)42)23-12-3-1-4-13-23/h1,3-7,11-16,18,25,27,29-31,40H,2,8-10,17,19-22H2,(H,37,42)/b16-7-/t25-,27+,29-,30-,31+,35-/m1/s1. The Morgan fingerprint density at radius 3 is 2.52 bits per heavy atom. The third kappa shape index (κ3) is 5.97. The number of carbonyl (C=O) groups excluding carboxylic acids is 4. The van der Waals surface area contributed by atoms with Gasteiger partial charge >= 0.3 is 5.97 Å². The molecule has 11 heteroatoms. The Labute approximate surface area is 273 Å². The van der Waals surface area contributed by atoms with Crippen molar-refractivity contribution < 1.29 is 33.8 Å². The molecule has 2 N–H and O–H groups in total. The van der Waals surface area contributed by atoms with Crippen LogP contribution in [0.1, 0.15) is 43.7 Å². The number of anilines is 1. The van der Waals surface area contributed by atoms with Crippen molar-refractivity contribution in [2.75, 3.05) is 31.2 Å². The van der Waals surface area contributed by atoms with Gasteiger partial charge < -0.3 is 29.7 Å². The van der Waals surface area contributed by atoms with Gasteiger partial charge in [0, 0.05) is 26.1 Å². The molecule has 3 amide bonds. The Bertz CT molecular complexity index is 1530. The molecule has 1 spiro atoms. The van der Waals surface area contributed by atoms with Crippen LogP contribution in [0.3, 0.4) is 0 Å². The molecule has 2 aromatic rings. The highest BCUT2D eigenvalue weighted by Crippen LogP contribution is 2.53. The van der Waals surface area contributed by atoms with Crippen molar-refractivity contribution in [2.24, 2.45) is 11.8 Å². The molecule has 46 heavy (non-hydrogen) atoms. The van der Waals surface area contributed by atoms with E-state index >= 15 is 0 Å². The van der Waals surface area contributed by atoms with Gasteiger partial charge in [0.05, 0.1) is 34.7 Å². The smallest absolute Gasteiger partial charge is 0.306 e. The zero-order valence-corrected chi connectivity index (χ0v) is 26.2. The molecule has 4 aliphatic heterocycles. The van der Waals surface area contributed by atoms with Crippen LogP contribution < -0.4 is 10.2 Å². The summed E-state index contributed by atoms with van der Waals surface area (Å²) in [6.45, 7) is 0.434. The molecule has 2 aromatic carbocycles. The van der Waals surface area contributed by atoms with Gasteiger partial charge in [0.15, 0.2) is 0 Å². The van der Waals surface area contributed by atoms with Gasteiger partial charge in [-0.05, 0) is 43.4 Å². The van der Waals surface area contributed by atoms with Crippen molar-refractivity contribution in [3.63, 3.8) is 0 Å². The van der Waals surface area contributed by atoms with Crippen LogP contribution in [-0.2, 0) is 28.7 Å². The molecule has 2 saturated heterocycles. The van der Waals surface area contributed by atoms with Gasteiger partial charge in [0.2, 0.25) is 11.8 Å². The minimum absolute atomic E-state index is 0.0309. The molecule has 10 nitrogen and oxygen atoms in total. The van der Waals surface area contributed by atoms with Crippen LogP contribution >= 0.6 is 11.6 Å². The summed E-state index contributed by atoms with van der Waals surface area (Å²) in [5.41, 5.74) is -0.153.